The number of nitrogens with one attached hydrogen (secondary N) is 1. The monoisotopic (exact) mass is 268 g/mol. The lowest BCUT2D eigenvalue weighted by molar-refractivity contribution is 0.0933. The zero-order valence-electron chi connectivity index (χ0n) is 10.5. The smallest absolute Gasteiger partial charge is 0.251 e. The number of halogens is 1. The van der Waals surface area contributed by atoms with Crippen molar-refractivity contribution in [3.05, 3.63) is 29.8 Å². The molecular formula is C14H21ClN2O. The van der Waals surface area contributed by atoms with E-state index >= 15 is 0 Å². The average molecular weight is 269 g/mol. The molecule has 3 N–H and O–H groups in total. The zero-order valence-corrected chi connectivity index (χ0v) is 11.3. The Morgan fingerprint density at radius 2 is 1.83 bits per heavy atom. The van der Waals surface area contributed by atoms with Crippen molar-refractivity contribution in [3.8, 4) is 0 Å². The number of benzene rings is 1. The van der Waals surface area contributed by atoms with E-state index in [1.165, 1.54) is 25.7 Å². The molecule has 0 spiro atoms. The van der Waals surface area contributed by atoms with E-state index in [-0.39, 0.29) is 18.3 Å². The van der Waals surface area contributed by atoms with Gasteiger partial charge in [-0.1, -0.05) is 31.7 Å². The SMILES string of the molecule is Cl.Nc1cccc(C(=O)NC2CCCCCC2)c1. The van der Waals surface area contributed by atoms with E-state index in [9.17, 15) is 4.79 Å². The highest BCUT2D eigenvalue weighted by atomic mass is 35.5. The van der Waals surface area contributed by atoms with Crippen molar-refractivity contribution < 1.29 is 4.79 Å². The lowest BCUT2D eigenvalue weighted by atomic mass is 10.1. The second-order valence-electron chi connectivity index (χ2n) is 4.79. The van der Waals surface area contributed by atoms with Crippen molar-refractivity contribution in [2.75, 3.05) is 5.73 Å². The summed E-state index contributed by atoms with van der Waals surface area (Å²) in [5, 5.41) is 3.11. The van der Waals surface area contributed by atoms with E-state index in [0.29, 0.717) is 17.3 Å². The van der Waals surface area contributed by atoms with Gasteiger partial charge in [-0.05, 0) is 31.0 Å². The molecule has 3 nitrogen and oxygen atoms in total. The van der Waals surface area contributed by atoms with Gasteiger partial charge in [0.1, 0.15) is 0 Å². The van der Waals surface area contributed by atoms with Crippen LogP contribution in [-0.2, 0) is 0 Å². The van der Waals surface area contributed by atoms with E-state index in [2.05, 4.69) is 5.32 Å². The van der Waals surface area contributed by atoms with E-state index in [0.717, 1.165) is 12.8 Å². The molecule has 0 unspecified atom stereocenters. The molecule has 1 amide bonds. The molecule has 4 heteroatoms. The van der Waals surface area contributed by atoms with Gasteiger partial charge < -0.3 is 11.1 Å². The summed E-state index contributed by atoms with van der Waals surface area (Å²) in [5.74, 6) is 0.00389. The van der Waals surface area contributed by atoms with Crippen molar-refractivity contribution in [3.63, 3.8) is 0 Å². The molecule has 0 aliphatic heterocycles. The highest BCUT2D eigenvalue weighted by Crippen LogP contribution is 2.17. The highest BCUT2D eigenvalue weighted by Gasteiger charge is 2.15. The minimum atomic E-state index is 0. The van der Waals surface area contributed by atoms with Gasteiger partial charge >= 0.3 is 0 Å². The van der Waals surface area contributed by atoms with Crippen molar-refractivity contribution >= 4 is 24.0 Å². The first-order valence-corrected chi connectivity index (χ1v) is 6.42. The molecule has 0 bridgehead atoms. The predicted molar refractivity (Wildman–Crippen MR) is 77.1 cm³/mol. The number of carbonyl (C=O) groups excluding carboxylic acids is 1. The predicted octanol–water partition coefficient (Wildman–Crippen LogP) is 3.14. The van der Waals surface area contributed by atoms with Crippen LogP contribution >= 0.6 is 12.4 Å². The van der Waals surface area contributed by atoms with Crippen LogP contribution in [0.15, 0.2) is 24.3 Å². The quantitative estimate of drug-likeness (QED) is 0.640. The highest BCUT2D eigenvalue weighted by molar-refractivity contribution is 5.95. The third kappa shape index (κ3) is 4.22. The molecule has 1 aromatic carbocycles. The maximum atomic E-state index is 12.0. The van der Waals surface area contributed by atoms with E-state index < -0.39 is 0 Å². The number of nitrogens with two attached hydrogens (primary N) is 1. The summed E-state index contributed by atoms with van der Waals surface area (Å²) in [6, 6.07) is 7.49. The number of anilines is 1. The van der Waals surface area contributed by atoms with Crippen molar-refractivity contribution in [1.29, 1.82) is 0 Å². The van der Waals surface area contributed by atoms with Gasteiger partial charge in [0.15, 0.2) is 0 Å². The lowest BCUT2D eigenvalue weighted by Crippen LogP contribution is -2.34. The Morgan fingerprint density at radius 3 is 2.44 bits per heavy atom. The van der Waals surface area contributed by atoms with E-state index in [1.54, 1.807) is 12.1 Å². The van der Waals surface area contributed by atoms with E-state index in [1.807, 2.05) is 12.1 Å². The first kappa shape index (κ1) is 14.8. The molecule has 100 valence electrons. The molecule has 0 saturated heterocycles. The first-order valence-electron chi connectivity index (χ1n) is 6.42. The molecule has 1 aliphatic rings. The second-order valence-corrected chi connectivity index (χ2v) is 4.79. The van der Waals surface area contributed by atoms with Crippen LogP contribution in [0.4, 0.5) is 5.69 Å². The van der Waals surface area contributed by atoms with Gasteiger partial charge in [-0.2, -0.15) is 0 Å². The van der Waals surface area contributed by atoms with Gasteiger partial charge in [-0.25, -0.2) is 0 Å². The van der Waals surface area contributed by atoms with Gasteiger partial charge in [-0.3, -0.25) is 4.79 Å². The van der Waals surface area contributed by atoms with E-state index in [4.69, 9.17) is 5.73 Å². The number of rotatable bonds is 2. The van der Waals surface area contributed by atoms with Crippen LogP contribution in [0.5, 0.6) is 0 Å². The number of carbonyl (C=O) groups is 1. The summed E-state index contributed by atoms with van der Waals surface area (Å²) < 4.78 is 0. The molecule has 1 aliphatic carbocycles. The Hall–Kier alpha value is -1.22. The second kappa shape index (κ2) is 7.27. The Morgan fingerprint density at radius 1 is 1.17 bits per heavy atom. The van der Waals surface area contributed by atoms with Crippen molar-refractivity contribution in [1.82, 2.24) is 5.32 Å². The number of nitrogen functional groups attached to an aromatic ring is 1. The molecule has 1 aromatic rings. The third-order valence-corrected chi connectivity index (χ3v) is 3.34. The van der Waals surface area contributed by atoms with Gasteiger partial charge in [0.2, 0.25) is 0 Å². The fourth-order valence-electron chi connectivity index (χ4n) is 2.37. The first-order chi connectivity index (χ1) is 8.25. The van der Waals surface area contributed by atoms with Crippen LogP contribution in [0.3, 0.4) is 0 Å². The Bertz CT molecular complexity index is 387. The van der Waals surface area contributed by atoms with Crippen LogP contribution in [0.25, 0.3) is 0 Å². The molecule has 1 saturated carbocycles. The summed E-state index contributed by atoms with van der Waals surface area (Å²) >= 11 is 0. The molecule has 0 heterocycles. The minimum Gasteiger partial charge on any atom is -0.399 e. The third-order valence-electron chi connectivity index (χ3n) is 3.34. The maximum Gasteiger partial charge on any atom is 0.251 e. The van der Waals surface area contributed by atoms with Gasteiger partial charge in [0, 0.05) is 17.3 Å². The maximum absolute atomic E-state index is 12.0. The van der Waals surface area contributed by atoms with Gasteiger partial charge in [-0.15, -0.1) is 12.4 Å². The number of hydrogen-bond donors (Lipinski definition) is 2. The van der Waals surface area contributed by atoms with Crippen LogP contribution in [0.1, 0.15) is 48.9 Å². The van der Waals surface area contributed by atoms with Gasteiger partial charge in [0.05, 0.1) is 0 Å². The Balaban J connectivity index is 0.00000162. The summed E-state index contributed by atoms with van der Waals surface area (Å²) in [6.45, 7) is 0. The molecule has 1 fully saturated rings. The average Bonchev–Trinajstić information content (AvgIpc) is 2.57. The molecule has 0 radical (unpaired) electrons. The molecular weight excluding hydrogens is 248 g/mol. The number of hydrogen-bond acceptors (Lipinski definition) is 2. The van der Waals surface area contributed by atoms with Crippen molar-refractivity contribution in [2.24, 2.45) is 0 Å². The van der Waals surface area contributed by atoms with Crippen LogP contribution < -0.4 is 11.1 Å². The van der Waals surface area contributed by atoms with Crippen LogP contribution in [0.2, 0.25) is 0 Å². The molecule has 0 aromatic heterocycles. The van der Waals surface area contributed by atoms with Crippen LogP contribution in [0, 0.1) is 0 Å². The molecule has 0 atom stereocenters. The topological polar surface area (TPSA) is 55.1 Å². The number of amides is 1. The zero-order chi connectivity index (χ0) is 12.1. The lowest BCUT2D eigenvalue weighted by Gasteiger charge is -2.16. The molecule has 18 heavy (non-hydrogen) atoms. The normalized spacial score (nSPS) is 16.4. The summed E-state index contributed by atoms with van der Waals surface area (Å²) in [7, 11) is 0. The fraction of sp³-hybridized carbons (Fsp3) is 0.500. The summed E-state index contributed by atoms with van der Waals surface area (Å²) in [6.07, 6.45) is 7.25. The largest absolute Gasteiger partial charge is 0.399 e. The Labute approximate surface area is 115 Å². The van der Waals surface area contributed by atoms with Crippen molar-refractivity contribution in [2.45, 2.75) is 44.6 Å². The minimum absolute atomic E-state index is 0. The van der Waals surface area contributed by atoms with Crippen LogP contribution in [-0.4, -0.2) is 11.9 Å². The summed E-state index contributed by atoms with van der Waals surface area (Å²) in [5.41, 5.74) is 6.97. The fourth-order valence-corrected chi connectivity index (χ4v) is 2.37. The standard InChI is InChI=1S/C14H20N2O.ClH/c15-12-7-5-6-11(10-12)14(17)16-13-8-3-1-2-4-9-13;/h5-7,10,13H,1-4,8-9,15H2,(H,16,17);1H. The van der Waals surface area contributed by atoms with Gasteiger partial charge in [0.25, 0.3) is 5.91 Å². The summed E-state index contributed by atoms with van der Waals surface area (Å²) in [4.78, 5) is 12.0. The molecule has 2 rings (SSSR count). The Kier molecular flexibility index (Phi) is 5.99.